The van der Waals surface area contributed by atoms with E-state index < -0.39 is 10.8 Å². The first-order chi connectivity index (χ1) is 10.5. The molecular formula is C15H12BrN3O3. The van der Waals surface area contributed by atoms with Gasteiger partial charge in [0.2, 0.25) is 0 Å². The summed E-state index contributed by atoms with van der Waals surface area (Å²) in [6.45, 7) is 1.78. The number of halogens is 1. The maximum Gasteiger partial charge on any atom is 0.271 e. The van der Waals surface area contributed by atoms with Gasteiger partial charge in [0.05, 0.1) is 10.6 Å². The quantitative estimate of drug-likeness (QED) is 0.513. The minimum Gasteiger partial charge on any atom is -0.267 e. The van der Waals surface area contributed by atoms with Gasteiger partial charge < -0.3 is 0 Å². The third kappa shape index (κ3) is 3.98. The highest BCUT2D eigenvalue weighted by atomic mass is 79.9. The molecule has 0 radical (unpaired) electrons. The van der Waals surface area contributed by atoms with E-state index in [4.69, 9.17) is 0 Å². The van der Waals surface area contributed by atoms with Crippen molar-refractivity contribution in [1.29, 1.82) is 0 Å². The van der Waals surface area contributed by atoms with Crippen LogP contribution in [0.1, 0.15) is 22.8 Å². The number of benzene rings is 2. The van der Waals surface area contributed by atoms with Crippen LogP contribution in [0.3, 0.4) is 0 Å². The number of nitrogens with zero attached hydrogens (tertiary/aromatic N) is 2. The van der Waals surface area contributed by atoms with Crippen LogP contribution in [0.15, 0.2) is 58.1 Å². The Kier molecular flexibility index (Phi) is 5.00. The molecule has 2 aromatic rings. The Labute approximate surface area is 135 Å². The molecule has 0 bridgehead atoms. The summed E-state index contributed by atoms with van der Waals surface area (Å²) in [5.41, 5.74) is 4.20. The van der Waals surface area contributed by atoms with E-state index in [1.165, 1.54) is 24.3 Å². The van der Waals surface area contributed by atoms with Crippen LogP contribution >= 0.6 is 15.9 Å². The zero-order chi connectivity index (χ0) is 16.1. The molecule has 6 nitrogen and oxygen atoms in total. The van der Waals surface area contributed by atoms with Gasteiger partial charge in [0.15, 0.2) is 0 Å². The van der Waals surface area contributed by atoms with Crippen LogP contribution in [0, 0.1) is 10.1 Å². The van der Waals surface area contributed by atoms with Gasteiger partial charge in [-0.05, 0) is 36.8 Å². The summed E-state index contributed by atoms with van der Waals surface area (Å²) in [6, 6.07) is 12.8. The van der Waals surface area contributed by atoms with Crippen molar-refractivity contribution in [2.45, 2.75) is 6.92 Å². The predicted octanol–water partition coefficient (Wildman–Crippen LogP) is 3.51. The second kappa shape index (κ2) is 6.95. The Hall–Kier alpha value is -2.54. The number of non-ortho nitro benzene ring substituents is 1. The fourth-order valence-corrected chi connectivity index (χ4v) is 1.95. The molecule has 0 spiro atoms. The number of rotatable bonds is 4. The molecule has 0 aliphatic carbocycles. The topological polar surface area (TPSA) is 84.6 Å². The van der Waals surface area contributed by atoms with Gasteiger partial charge in [0, 0.05) is 22.2 Å². The number of hydrazone groups is 1. The van der Waals surface area contributed by atoms with Crippen LogP contribution in [0.25, 0.3) is 0 Å². The van der Waals surface area contributed by atoms with E-state index in [1.807, 2.05) is 24.3 Å². The van der Waals surface area contributed by atoms with Crippen molar-refractivity contribution in [1.82, 2.24) is 5.43 Å². The molecule has 0 atom stereocenters. The maximum absolute atomic E-state index is 11.9. The average molecular weight is 362 g/mol. The van der Waals surface area contributed by atoms with Crippen molar-refractivity contribution in [2.75, 3.05) is 0 Å². The Balaban J connectivity index is 2.06. The first-order valence-corrected chi connectivity index (χ1v) is 7.11. The van der Waals surface area contributed by atoms with Crippen molar-refractivity contribution >= 4 is 33.2 Å². The van der Waals surface area contributed by atoms with Gasteiger partial charge in [0.1, 0.15) is 0 Å². The minimum atomic E-state index is -0.516. The standard InChI is InChI=1S/C15H12BrN3O3/c1-10(11-2-6-13(16)7-3-11)17-18-15(20)12-4-8-14(9-5-12)19(21)22/h2-9H,1H3,(H,18,20). The van der Waals surface area contributed by atoms with Gasteiger partial charge in [-0.2, -0.15) is 5.10 Å². The van der Waals surface area contributed by atoms with E-state index in [9.17, 15) is 14.9 Å². The average Bonchev–Trinajstić information content (AvgIpc) is 2.53. The van der Waals surface area contributed by atoms with Crippen molar-refractivity contribution < 1.29 is 9.72 Å². The summed E-state index contributed by atoms with van der Waals surface area (Å²) in [5, 5.41) is 14.6. The largest absolute Gasteiger partial charge is 0.271 e. The number of hydrogen-bond donors (Lipinski definition) is 1. The second-order valence-corrected chi connectivity index (χ2v) is 5.36. The van der Waals surface area contributed by atoms with Crippen LogP contribution in [0.4, 0.5) is 5.69 Å². The molecule has 0 saturated carbocycles. The van der Waals surface area contributed by atoms with E-state index in [0.29, 0.717) is 11.3 Å². The fraction of sp³-hybridized carbons (Fsp3) is 0.0667. The summed E-state index contributed by atoms with van der Waals surface area (Å²) in [6.07, 6.45) is 0. The Morgan fingerprint density at radius 3 is 2.18 bits per heavy atom. The van der Waals surface area contributed by atoms with Gasteiger partial charge in [-0.3, -0.25) is 14.9 Å². The SMILES string of the molecule is CC(=NNC(=O)c1ccc([N+](=O)[O-])cc1)c1ccc(Br)cc1. The van der Waals surface area contributed by atoms with Crippen LogP contribution in [0.5, 0.6) is 0 Å². The zero-order valence-electron chi connectivity index (χ0n) is 11.6. The van der Waals surface area contributed by atoms with E-state index in [0.717, 1.165) is 10.0 Å². The summed E-state index contributed by atoms with van der Waals surface area (Å²) < 4.78 is 0.957. The predicted molar refractivity (Wildman–Crippen MR) is 86.9 cm³/mol. The molecule has 0 saturated heterocycles. The van der Waals surface area contributed by atoms with Crippen molar-refractivity contribution in [2.24, 2.45) is 5.10 Å². The number of hydrogen-bond acceptors (Lipinski definition) is 4. The monoisotopic (exact) mass is 361 g/mol. The van der Waals surface area contributed by atoms with Crippen molar-refractivity contribution in [3.63, 3.8) is 0 Å². The van der Waals surface area contributed by atoms with Gasteiger partial charge in [-0.1, -0.05) is 28.1 Å². The van der Waals surface area contributed by atoms with Crippen LogP contribution in [-0.4, -0.2) is 16.5 Å². The van der Waals surface area contributed by atoms with Gasteiger partial charge >= 0.3 is 0 Å². The van der Waals surface area contributed by atoms with Crippen LogP contribution in [0.2, 0.25) is 0 Å². The van der Waals surface area contributed by atoms with E-state index in [1.54, 1.807) is 6.92 Å². The smallest absolute Gasteiger partial charge is 0.267 e. The highest BCUT2D eigenvalue weighted by Crippen LogP contribution is 2.12. The fourth-order valence-electron chi connectivity index (χ4n) is 1.69. The molecular weight excluding hydrogens is 350 g/mol. The van der Waals surface area contributed by atoms with Crippen LogP contribution in [-0.2, 0) is 0 Å². The maximum atomic E-state index is 11.9. The van der Waals surface area contributed by atoms with E-state index in [-0.39, 0.29) is 5.69 Å². The zero-order valence-corrected chi connectivity index (χ0v) is 13.2. The summed E-state index contributed by atoms with van der Waals surface area (Å²) in [5.74, 6) is -0.425. The molecule has 1 N–H and O–H groups in total. The number of nitrogens with one attached hydrogen (secondary N) is 1. The van der Waals surface area contributed by atoms with Crippen molar-refractivity contribution in [3.05, 3.63) is 74.2 Å². The highest BCUT2D eigenvalue weighted by Gasteiger charge is 2.09. The van der Waals surface area contributed by atoms with Crippen LogP contribution < -0.4 is 5.43 Å². The molecule has 112 valence electrons. The lowest BCUT2D eigenvalue weighted by Gasteiger charge is -2.03. The van der Waals surface area contributed by atoms with Gasteiger partial charge in [-0.25, -0.2) is 5.43 Å². The summed E-state index contributed by atoms with van der Waals surface area (Å²) in [4.78, 5) is 22.0. The number of carbonyl (C=O) groups excluding carboxylic acids is 1. The molecule has 2 rings (SSSR count). The second-order valence-electron chi connectivity index (χ2n) is 4.45. The van der Waals surface area contributed by atoms with Gasteiger partial charge in [0.25, 0.3) is 11.6 Å². The lowest BCUT2D eigenvalue weighted by atomic mass is 10.1. The third-order valence-electron chi connectivity index (χ3n) is 2.93. The lowest BCUT2D eigenvalue weighted by molar-refractivity contribution is -0.384. The molecule has 0 heterocycles. The molecule has 0 aliphatic heterocycles. The summed E-state index contributed by atoms with van der Waals surface area (Å²) in [7, 11) is 0. The minimum absolute atomic E-state index is 0.0638. The van der Waals surface area contributed by atoms with Gasteiger partial charge in [-0.15, -0.1) is 0 Å². The molecule has 0 aliphatic rings. The Morgan fingerprint density at radius 1 is 1.09 bits per heavy atom. The molecule has 0 fully saturated rings. The number of carbonyl (C=O) groups is 1. The molecule has 22 heavy (non-hydrogen) atoms. The molecule has 0 unspecified atom stereocenters. The normalized spacial score (nSPS) is 11.1. The number of nitro benzene ring substituents is 1. The molecule has 7 heteroatoms. The van der Waals surface area contributed by atoms with Crippen molar-refractivity contribution in [3.8, 4) is 0 Å². The molecule has 1 amide bonds. The number of amides is 1. The van der Waals surface area contributed by atoms with E-state index in [2.05, 4.69) is 26.5 Å². The highest BCUT2D eigenvalue weighted by molar-refractivity contribution is 9.10. The Morgan fingerprint density at radius 2 is 1.64 bits per heavy atom. The molecule has 0 aromatic heterocycles. The third-order valence-corrected chi connectivity index (χ3v) is 3.46. The first kappa shape index (κ1) is 15.8. The lowest BCUT2D eigenvalue weighted by Crippen LogP contribution is -2.19. The Bertz CT molecular complexity index is 725. The number of nitro groups is 1. The summed E-state index contributed by atoms with van der Waals surface area (Å²) >= 11 is 3.35. The first-order valence-electron chi connectivity index (χ1n) is 6.32. The molecule has 2 aromatic carbocycles. The van der Waals surface area contributed by atoms with E-state index >= 15 is 0 Å².